The van der Waals surface area contributed by atoms with Crippen molar-refractivity contribution in [2.45, 2.75) is 25.5 Å². The second kappa shape index (κ2) is 3.24. The lowest BCUT2D eigenvalue weighted by molar-refractivity contribution is -0.160. The summed E-state index contributed by atoms with van der Waals surface area (Å²) in [5.74, 6) is -1.12. The van der Waals surface area contributed by atoms with Crippen molar-refractivity contribution in [1.29, 1.82) is 0 Å². The van der Waals surface area contributed by atoms with Crippen LogP contribution in [-0.2, 0) is 14.3 Å². The van der Waals surface area contributed by atoms with Gasteiger partial charge in [0.05, 0.1) is 6.42 Å². The number of carbonyl (C=O) groups excluding carboxylic acids is 1. The molecule has 2 rings (SSSR count). The maximum atomic E-state index is 11.1. The average Bonchev–Trinajstić information content (AvgIpc) is 2.47. The van der Waals surface area contributed by atoms with Crippen molar-refractivity contribution in [2.24, 2.45) is 11.8 Å². The molecule has 0 spiro atoms. The maximum Gasteiger partial charge on any atom is 0.321 e. The minimum atomic E-state index is -0.876. The van der Waals surface area contributed by atoms with Crippen LogP contribution in [0.2, 0.25) is 0 Å². The largest absolute Gasteiger partial charge is 0.480 e. The Morgan fingerprint density at radius 2 is 2.29 bits per heavy atom. The Bertz CT molecular complexity index is 278. The molecule has 78 valence electrons. The van der Waals surface area contributed by atoms with Gasteiger partial charge in [0.1, 0.15) is 12.1 Å². The Morgan fingerprint density at radius 1 is 1.57 bits per heavy atom. The van der Waals surface area contributed by atoms with E-state index in [-0.39, 0.29) is 30.3 Å². The molecule has 0 aromatic carbocycles. The number of aliphatic carboxylic acids is 1. The van der Waals surface area contributed by atoms with Gasteiger partial charge in [-0.3, -0.25) is 9.59 Å². The molecule has 2 heterocycles. The van der Waals surface area contributed by atoms with Crippen LogP contribution >= 0.6 is 0 Å². The number of esters is 1. The van der Waals surface area contributed by atoms with Crippen LogP contribution in [0.1, 0.15) is 13.3 Å². The third-order valence-corrected chi connectivity index (χ3v) is 3.14. The van der Waals surface area contributed by atoms with Crippen LogP contribution in [0.4, 0.5) is 0 Å². The molecule has 4 atom stereocenters. The van der Waals surface area contributed by atoms with E-state index >= 15 is 0 Å². The minimum Gasteiger partial charge on any atom is -0.480 e. The Hall–Kier alpha value is -1.10. The van der Waals surface area contributed by atoms with Crippen molar-refractivity contribution >= 4 is 11.9 Å². The second-order valence-electron chi connectivity index (χ2n) is 3.95. The van der Waals surface area contributed by atoms with Crippen molar-refractivity contribution in [2.75, 3.05) is 6.54 Å². The van der Waals surface area contributed by atoms with Crippen LogP contribution < -0.4 is 5.32 Å². The van der Waals surface area contributed by atoms with Crippen LogP contribution in [0.5, 0.6) is 0 Å². The number of hydrogen-bond acceptors (Lipinski definition) is 4. The summed E-state index contributed by atoms with van der Waals surface area (Å²) in [5, 5.41) is 11.8. The van der Waals surface area contributed by atoms with Gasteiger partial charge in [-0.25, -0.2) is 0 Å². The number of ether oxygens (including phenoxy) is 1. The van der Waals surface area contributed by atoms with Gasteiger partial charge in [-0.1, -0.05) is 0 Å². The molecule has 14 heavy (non-hydrogen) atoms. The first-order valence-electron chi connectivity index (χ1n) is 4.75. The summed E-state index contributed by atoms with van der Waals surface area (Å²) < 4.78 is 5.06. The van der Waals surface area contributed by atoms with Gasteiger partial charge in [0.25, 0.3) is 0 Å². The van der Waals surface area contributed by atoms with E-state index < -0.39 is 12.0 Å². The van der Waals surface area contributed by atoms with Gasteiger partial charge in [-0.15, -0.1) is 0 Å². The number of fused-ring (bicyclic) bond motifs is 1. The summed E-state index contributed by atoms with van der Waals surface area (Å²) in [6.07, 6.45) is 0.0528. The zero-order valence-corrected chi connectivity index (χ0v) is 7.90. The van der Waals surface area contributed by atoms with Crippen LogP contribution in [0.25, 0.3) is 0 Å². The summed E-state index contributed by atoms with van der Waals surface area (Å²) in [6.45, 7) is 2.44. The summed E-state index contributed by atoms with van der Waals surface area (Å²) in [7, 11) is 0. The fourth-order valence-electron chi connectivity index (χ4n) is 2.40. The summed E-state index contributed by atoms with van der Waals surface area (Å²) in [6, 6.07) is -0.588. The number of hydrogen-bond donors (Lipinski definition) is 2. The summed E-state index contributed by atoms with van der Waals surface area (Å²) in [4.78, 5) is 22.0. The smallest absolute Gasteiger partial charge is 0.321 e. The highest BCUT2D eigenvalue weighted by molar-refractivity contribution is 5.77. The highest BCUT2D eigenvalue weighted by Gasteiger charge is 2.47. The molecule has 0 amide bonds. The molecular formula is C9H13NO4. The first kappa shape index (κ1) is 9.45. The molecular weight excluding hydrogens is 186 g/mol. The number of nitrogens with one attached hydrogen (secondary N) is 1. The summed E-state index contributed by atoms with van der Waals surface area (Å²) >= 11 is 0. The first-order valence-corrected chi connectivity index (χ1v) is 4.75. The molecule has 2 aliphatic heterocycles. The zero-order valence-electron chi connectivity index (χ0n) is 7.90. The molecule has 5 heteroatoms. The molecule has 0 bridgehead atoms. The van der Waals surface area contributed by atoms with Crippen LogP contribution in [0.3, 0.4) is 0 Å². The van der Waals surface area contributed by atoms with E-state index in [4.69, 9.17) is 9.84 Å². The molecule has 0 aromatic heterocycles. The third kappa shape index (κ3) is 1.37. The monoisotopic (exact) mass is 199 g/mol. The molecule has 2 saturated heterocycles. The number of carboxylic acid groups (broad SMARTS) is 1. The van der Waals surface area contributed by atoms with Crippen molar-refractivity contribution in [3.8, 4) is 0 Å². The van der Waals surface area contributed by atoms with Crippen LogP contribution in [0.15, 0.2) is 0 Å². The Morgan fingerprint density at radius 3 is 2.93 bits per heavy atom. The minimum absolute atomic E-state index is 0.108. The van der Waals surface area contributed by atoms with E-state index in [9.17, 15) is 9.59 Å². The van der Waals surface area contributed by atoms with Crippen molar-refractivity contribution in [1.82, 2.24) is 5.32 Å². The van der Waals surface area contributed by atoms with Gasteiger partial charge in [0.2, 0.25) is 0 Å². The molecule has 0 aromatic rings. The quantitative estimate of drug-likeness (QED) is 0.562. The van der Waals surface area contributed by atoms with Crippen molar-refractivity contribution < 1.29 is 19.4 Å². The lowest BCUT2D eigenvalue weighted by atomic mass is 9.82. The predicted octanol–water partition coefficient (Wildman–Crippen LogP) is -0.389. The third-order valence-electron chi connectivity index (χ3n) is 3.14. The van der Waals surface area contributed by atoms with E-state index in [2.05, 4.69) is 5.32 Å². The fraction of sp³-hybridized carbons (Fsp3) is 0.778. The van der Waals surface area contributed by atoms with Gasteiger partial charge >= 0.3 is 11.9 Å². The molecule has 2 N–H and O–H groups in total. The van der Waals surface area contributed by atoms with Gasteiger partial charge in [-0.05, 0) is 6.92 Å². The van der Waals surface area contributed by atoms with Crippen molar-refractivity contribution in [3.05, 3.63) is 0 Å². The average molecular weight is 199 g/mol. The molecule has 5 nitrogen and oxygen atoms in total. The zero-order chi connectivity index (χ0) is 10.3. The van der Waals surface area contributed by atoms with E-state index in [1.165, 1.54) is 0 Å². The van der Waals surface area contributed by atoms with E-state index in [0.717, 1.165) is 0 Å². The molecule has 2 fully saturated rings. The number of carboxylic acids is 1. The highest BCUT2D eigenvalue weighted by atomic mass is 16.5. The number of rotatable bonds is 1. The topological polar surface area (TPSA) is 75.6 Å². The van der Waals surface area contributed by atoms with E-state index in [0.29, 0.717) is 6.54 Å². The van der Waals surface area contributed by atoms with Crippen LogP contribution in [0, 0.1) is 11.8 Å². The lowest BCUT2D eigenvalue weighted by Crippen LogP contribution is -2.41. The lowest BCUT2D eigenvalue weighted by Gasteiger charge is -2.31. The highest BCUT2D eigenvalue weighted by Crippen LogP contribution is 2.34. The Balaban J connectivity index is 2.16. The molecule has 4 unspecified atom stereocenters. The Kier molecular flexibility index (Phi) is 2.19. The van der Waals surface area contributed by atoms with Crippen molar-refractivity contribution in [3.63, 3.8) is 0 Å². The number of cyclic esters (lactones) is 1. The van der Waals surface area contributed by atoms with E-state index in [1.807, 2.05) is 6.92 Å². The molecule has 0 saturated carbocycles. The standard InChI is InChI=1S/C9H13NO4/c1-4-6-3-10-8(9(12)13)5(6)2-7(11)14-4/h4-6,8,10H,2-3H2,1H3,(H,12,13). The van der Waals surface area contributed by atoms with Crippen LogP contribution in [-0.4, -0.2) is 35.7 Å². The fourth-order valence-corrected chi connectivity index (χ4v) is 2.40. The molecule has 2 aliphatic rings. The molecule has 0 radical (unpaired) electrons. The van der Waals surface area contributed by atoms with Gasteiger partial charge in [0, 0.05) is 18.4 Å². The van der Waals surface area contributed by atoms with Gasteiger partial charge in [0.15, 0.2) is 0 Å². The summed E-state index contributed by atoms with van der Waals surface area (Å²) in [5.41, 5.74) is 0. The molecule has 0 aliphatic carbocycles. The van der Waals surface area contributed by atoms with Gasteiger partial charge in [-0.2, -0.15) is 0 Å². The first-order chi connectivity index (χ1) is 6.59. The maximum absolute atomic E-state index is 11.1. The SMILES string of the molecule is CC1OC(=O)CC2C(C(=O)O)NCC12. The Labute approximate surface area is 81.4 Å². The normalized spacial score (nSPS) is 41.6. The second-order valence-corrected chi connectivity index (χ2v) is 3.95. The predicted molar refractivity (Wildman–Crippen MR) is 46.6 cm³/mol. The van der Waals surface area contributed by atoms with Gasteiger partial charge < -0.3 is 15.2 Å². The number of carbonyl (C=O) groups is 2. The van der Waals surface area contributed by atoms with E-state index in [1.54, 1.807) is 0 Å².